The monoisotopic (exact) mass is 454 g/mol. The lowest BCUT2D eigenvalue weighted by Gasteiger charge is -2.24. The van der Waals surface area contributed by atoms with Crippen molar-refractivity contribution < 1.29 is 23.9 Å². The minimum Gasteiger partial charge on any atom is -0.465 e. The van der Waals surface area contributed by atoms with E-state index >= 15 is 0 Å². The maximum Gasteiger partial charge on any atom is 0.347 e. The summed E-state index contributed by atoms with van der Waals surface area (Å²) in [7, 11) is 1.91. The van der Waals surface area contributed by atoms with Crippen LogP contribution in [0.4, 0.5) is 0 Å². The van der Waals surface area contributed by atoms with Gasteiger partial charge >= 0.3 is 17.9 Å². The molecule has 34 heavy (non-hydrogen) atoms. The highest BCUT2D eigenvalue weighted by Gasteiger charge is 2.38. The van der Waals surface area contributed by atoms with Gasteiger partial charge in [-0.15, -0.1) is 0 Å². The number of ether oxygens (including phenoxy) is 2. The standard InChI is InChI=1S/C27H22N2O5/c1-15(30)33-14-16-10-17-6-5-8-19-21(13-29(11-16)25(17)19)24-23(26(31)34-27(24)32)20-12-28(2)22-9-4-3-7-18(20)22/h3-9,12-13,16H,10-11,14H2,1-2H3. The highest BCUT2D eigenvalue weighted by molar-refractivity contribution is 6.46. The maximum absolute atomic E-state index is 13.0. The van der Waals surface area contributed by atoms with Gasteiger partial charge in [-0.1, -0.05) is 36.4 Å². The molecule has 0 aliphatic carbocycles. The van der Waals surface area contributed by atoms with Gasteiger partial charge in [0.05, 0.1) is 23.3 Å². The van der Waals surface area contributed by atoms with Crippen molar-refractivity contribution in [3.05, 3.63) is 71.5 Å². The highest BCUT2D eigenvalue weighted by atomic mass is 16.6. The van der Waals surface area contributed by atoms with Crippen molar-refractivity contribution in [2.75, 3.05) is 6.61 Å². The van der Waals surface area contributed by atoms with Crippen LogP contribution >= 0.6 is 0 Å². The summed E-state index contributed by atoms with van der Waals surface area (Å²) in [6.45, 7) is 2.40. The third-order valence-electron chi connectivity index (χ3n) is 6.75. The van der Waals surface area contributed by atoms with Crippen LogP contribution in [0, 0.1) is 5.92 Å². The van der Waals surface area contributed by atoms with Gasteiger partial charge in [0.15, 0.2) is 0 Å². The zero-order valence-corrected chi connectivity index (χ0v) is 18.8. The second kappa shape index (κ2) is 7.45. The summed E-state index contributed by atoms with van der Waals surface area (Å²) >= 11 is 0. The molecule has 0 fully saturated rings. The number of hydrogen-bond donors (Lipinski definition) is 0. The molecule has 2 aliphatic heterocycles. The molecule has 7 nitrogen and oxygen atoms in total. The number of benzene rings is 2. The van der Waals surface area contributed by atoms with Crippen LogP contribution in [-0.4, -0.2) is 33.6 Å². The molecule has 2 aromatic heterocycles. The van der Waals surface area contributed by atoms with Gasteiger partial charge in [0.1, 0.15) is 0 Å². The Morgan fingerprint density at radius 1 is 1.00 bits per heavy atom. The van der Waals surface area contributed by atoms with Crippen LogP contribution in [0.3, 0.4) is 0 Å². The van der Waals surface area contributed by atoms with Crippen molar-refractivity contribution in [2.45, 2.75) is 19.9 Å². The third-order valence-corrected chi connectivity index (χ3v) is 6.75. The van der Waals surface area contributed by atoms with E-state index in [0.717, 1.165) is 33.8 Å². The number of para-hydroxylation sites is 2. The van der Waals surface area contributed by atoms with Crippen molar-refractivity contribution in [1.29, 1.82) is 0 Å². The first-order chi connectivity index (χ1) is 16.4. The first-order valence-electron chi connectivity index (χ1n) is 11.2. The second-order valence-corrected chi connectivity index (χ2v) is 8.98. The smallest absolute Gasteiger partial charge is 0.347 e. The van der Waals surface area contributed by atoms with Gasteiger partial charge in [-0.2, -0.15) is 0 Å². The normalized spacial score (nSPS) is 17.6. The van der Waals surface area contributed by atoms with E-state index in [4.69, 9.17) is 9.47 Å². The van der Waals surface area contributed by atoms with Crippen LogP contribution in [0.15, 0.2) is 54.9 Å². The highest BCUT2D eigenvalue weighted by Crippen LogP contribution is 2.42. The summed E-state index contributed by atoms with van der Waals surface area (Å²) in [5, 5.41) is 1.79. The first kappa shape index (κ1) is 20.5. The third kappa shape index (κ3) is 3.00. The van der Waals surface area contributed by atoms with Gasteiger partial charge < -0.3 is 18.6 Å². The number of hydrogen-bond acceptors (Lipinski definition) is 5. The number of cyclic esters (lactones) is 2. The Bertz CT molecular complexity index is 1570. The number of fused-ring (bicyclic) bond motifs is 1. The van der Waals surface area contributed by atoms with Crippen LogP contribution < -0.4 is 0 Å². The minimum absolute atomic E-state index is 0.130. The molecule has 0 bridgehead atoms. The largest absolute Gasteiger partial charge is 0.465 e. The number of esters is 3. The summed E-state index contributed by atoms with van der Waals surface area (Å²) in [5.41, 5.74) is 5.08. The molecule has 0 N–H and O–H groups in total. The van der Waals surface area contributed by atoms with E-state index in [-0.39, 0.29) is 11.9 Å². The molecule has 2 aromatic carbocycles. The van der Waals surface area contributed by atoms with Gasteiger partial charge in [0.2, 0.25) is 0 Å². The van der Waals surface area contributed by atoms with Crippen molar-refractivity contribution in [3.8, 4) is 0 Å². The summed E-state index contributed by atoms with van der Waals surface area (Å²) in [6, 6.07) is 13.8. The fourth-order valence-corrected chi connectivity index (χ4v) is 5.37. The van der Waals surface area contributed by atoms with Gasteiger partial charge in [-0.05, 0) is 18.1 Å². The number of carbonyl (C=O) groups excluding carboxylic acids is 3. The fourth-order valence-electron chi connectivity index (χ4n) is 5.37. The molecule has 0 saturated heterocycles. The second-order valence-electron chi connectivity index (χ2n) is 8.98. The van der Waals surface area contributed by atoms with Gasteiger partial charge in [-0.25, -0.2) is 9.59 Å². The molecule has 0 saturated carbocycles. The van der Waals surface area contributed by atoms with E-state index in [9.17, 15) is 14.4 Å². The molecule has 4 aromatic rings. The molecule has 6 rings (SSSR count). The lowest BCUT2D eigenvalue weighted by molar-refractivity contribution is -0.149. The molecular formula is C27H22N2O5. The van der Waals surface area contributed by atoms with Gasteiger partial charge in [0, 0.05) is 66.2 Å². The molecule has 0 radical (unpaired) electrons. The van der Waals surface area contributed by atoms with Crippen molar-refractivity contribution in [1.82, 2.24) is 9.13 Å². The zero-order chi connectivity index (χ0) is 23.6. The zero-order valence-electron chi connectivity index (χ0n) is 18.8. The molecule has 2 aliphatic rings. The van der Waals surface area contributed by atoms with Crippen LogP contribution in [0.25, 0.3) is 33.0 Å². The van der Waals surface area contributed by atoms with Crippen molar-refractivity contribution >= 4 is 50.9 Å². The van der Waals surface area contributed by atoms with E-state index in [0.29, 0.717) is 35.4 Å². The summed E-state index contributed by atoms with van der Waals surface area (Å²) in [6.07, 6.45) is 4.57. The fraction of sp³-hybridized carbons (Fsp3) is 0.222. The topological polar surface area (TPSA) is 79.5 Å². The maximum atomic E-state index is 13.0. The van der Waals surface area contributed by atoms with Crippen LogP contribution in [0.2, 0.25) is 0 Å². The van der Waals surface area contributed by atoms with Crippen molar-refractivity contribution in [3.63, 3.8) is 0 Å². The van der Waals surface area contributed by atoms with E-state index < -0.39 is 11.9 Å². The van der Waals surface area contributed by atoms with Crippen LogP contribution in [0.5, 0.6) is 0 Å². The SMILES string of the molecule is CC(=O)OCC1Cc2cccc3c(C4=C(c5cn(C)c6ccccc56)C(=O)OC4=O)cn(c23)C1. The molecule has 0 amide bonds. The Labute approximate surface area is 195 Å². The lowest BCUT2D eigenvalue weighted by Crippen LogP contribution is -2.24. The Morgan fingerprint density at radius 3 is 2.47 bits per heavy atom. The Kier molecular flexibility index (Phi) is 4.49. The van der Waals surface area contributed by atoms with E-state index in [2.05, 4.69) is 10.6 Å². The van der Waals surface area contributed by atoms with Crippen LogP contribution in [0.1, 0.15) is 23.6 Å². The predicted molar refractivity (Wildman–Crippen MR) is 127 cm³/mol. The molecule has 7 heteroatoms. The Hall–Kier alpha value is -4.13. The minimum atomic E-state index is -0.631. The molecule has 1 atom stereocenters. The molecule has 1 unspecified atom stereocenters. The quantitative estimate of drug-likeness (QED) is 0.346. The summed E-state index contributed by atoms with van der Waals surface area (Å²) in [5.74, 6) is -1.43. The van der Waals surface area contributed by atoms with Gasteiger partial charge in [0.25, 0.3) is 0 Å². The van der Waals surface area contributed by atoms with E-state index in [1.807, 2.05) is 60.4 Å². The number of aryl methyl sites for hydroxylation is 1. The van der Waals surface area contributed by atoms with Gasteiger partial charge in [-0.3, -0.25) is 4.79 Å². The number of carbonyl (C=O) groups is 3. The van der Waals surface area contributed by atoms with E-state index in [1.165, 1.54) is 6.92 Å². The summed E-state index contributed by atoms with van der Waals surface area (Å²) in [4.78, 5) is 37.3. The number of aromatic nitrogens is 2. The molecule has 0 spiro atoms. The number of rotatable bonds is 4. The lowest BCUT2D eigenvalue weighted by atomic mass is 9.92. The Morgan fingerprint density at radius 2 is 1.71 bits per heavy atom. The van der Waals surface area contributed by atoms with Crippen molar-refractivity contribution in [2.24, 2.45) is 13.0 Å². The average Bonchev–Trinajstić information content (AvgIpc) is 3.44. The average molecular weight is 454 g/mol. The molecule has 4 heterocycles. The molecule has 170 valence electrons. The molecular weight excluding hydrogens is 432 g/mol. The Balaban J connectivity index is 1.55. The number of nitrogens with zero attached hydrogens (tertiary/aromatic N) is 2. The summed E-state index contributed by atoms with van der Waals surface area (Å²) < 4.78 is 14.5. The first-order valence-corrected chi connectivity index (χ1v) is 11.2. The van der Waals surface area contributed by atoms with Crippen LogP contribution in [-0.2, 0) is 43.9 Å². The van der Waals surface area contributed by atoms with E-state index in [1.54, 1.807) is 0 Å². The predicted octanol–water partition coefficient (Wildman–Crippen LogP) is 3.86.